The molecule has 0 atom stereocenters. The fourth-order valence-electron chi connectivity index (χ4n) is 2.55. The van der Waals surface area contributed by atoms with E-state index in [0.717, 1.165) is 46.8 Å². The predicted octanol–water partition coefficient (Wildman–Crippen LogP) is 3.67. The Morgan fingerprint density at radius 2 is 1.74 bits per heavy atom. The van der Waals surface area contributed by atoms with E-state index in [2.05, 4.69) is 24.0 Å². The van der Waals surface area contributed by atoms with Crippen molar-refractivity contribution in [1.82, 2.24) is 9.88 Å². The highest BCUT2D eigenvalue weighted by Gasteiger charge is 2.38. The van der Waals surface area contributed by atoms with Crippen LogP contribution in [0.2, 0.25) is 0 Å². The van der Waals surface area contributed by atoms with Gasteiger partial charge in [0.15, 0.2) is 0 Å². The Hall–Kier alpha value is -2.29. The average Bonchev–Trinajstić information content (AvgIpc) is 2.61. The van der Waals surface area contributed by atoms with Crippen LogP contribution in [0.4, 0.5) is 13.2 Å². The number of aromatic nitrogens is 1. The number of carboxylic acid groups (broad SMARTS) is 1. The van der Waals surface area contributed by atoms with E-state index in [1.807, 2.05) is 35.7 Å². The molecule has 1 aliphatic rings. The maximum Gasteiger partial charge on any atom is 0.490 e. The summed E-state index contributed by atoms with van der Waals surface area (Å²) in [4.78, 5) is 28.0. The Morgan fingerprint density at radius 1 is 1.15 bits per heavy atom. The van der Waals surface area contributed by atoms with E-state index in [1.54, 1.807) is 0 Å². The lowest BCUT2D eigenvalue weighted by atomic mass is 10.1. The Labute approximate surface area is 158 Å². The van der Waals surface area contributed by atoms with Crippen LogP contribution in [0.1, 0.15) is 21.6 Å². The van der Waals surface area contributed by atoms with Crippen LogP contribution in [0, 0.1) is 13.8 Å². The number of rotatable bonds is 1. The number of nitrogens with zero attached hydrogens (tertiary/aromatic N) is 2. The summed E-state index contributed by atoms with van der Waals surface area (Å²) in [7, 11) is 0. The zero-order valence-electron chi connectivity index (χ0n) is 14.8. The minimum absolute atomic E-state index is 0.124. The van der Waals surface area contributed by atoms with Crippen LogP contribution in [0.15, 0.2) is 24.3 Å². The summed E-state index contributed by atoms with van der Waals surface area (Å²) in [6.07, 6.45) is -5.08. The third-order valence-corrected chi connectivity index (χ3v) is 4.87. The molecule has 3 rings (SSSR count). The van der Waals surface area contributed by atoms with Crippen LogP contribution >= 0.6 is 11.8 Å². The first-order valence-corrected chi connectivity index (χ1v) is 9.30. The SMILES string of the molecule is Cc1ccc2nc(C)c(C(=O)N3CCSCC3)cc2c1.O=C(O)C(F)(F)F. The molecule has 0 aliphatic carbocycles. The number of aliphatic carboxylic acids is 1. The van der Waals surface area contributed by atoms with Gasteiger partial charge in [0.1, 0.15) is 0 Å². The predicted molar refractivity (Wildman–Crippen MR) is 98.1 cm³/mol. The number of alkyl halides is 3. The first kappa shape index (κ1) is 21.0. The van der Waals surface area contributed by atoms with Gasteiger partial charge in [-0.3, -0.25) is 9.78 Å². The summed E-state index contributed by atoms with van der Waals surface area (Å²) in [6, 6.07) is 8.15. The van der Waals surface area contributed by atoms with Crippen molar-refractivity contribution in [1.29, 1.82) is 0 Å². The van der Waals surface area contributed by atoms with E-state index in [0.29, 0.717) is 0 Å². The quantitative estimate of drug-likeness (QED) is 0.791. The minimum Gasteiger partial charge on any atom is -0.475 e. The monoisotopic (exact) mass is 400 g/mol. The van der Waals surface area contributed by atoms with Gasteiger partial charge < -0.3 is 10.0 Å². The summed E-state index contributed by atoms with van der Waals surface area (Å²) in [5.41, 5.74) is 3.72. The van der Waals surface area contributed by atoms with E-state index >= 15 is 0 Å². The molecular formula is C18H19F3N2O3S. The van der Waals surface area contributed by atoms with Crippen molar-refractivity contribution in [2.75, 3.05) is 24.6 Å². The Balaban J connectivity index is 0.000000321. The number of aryl methyl sites for hydroxylation is 2. The summed E-state index contributed by atoms with van der Waals surface area (Å²) < 4.78 is 31.7. The fraction of sp³-hybridized carbons (Fsp3) is 0.389. The lowest BCUT2D eigenvalue weighted by molar-refractivity contribution is -0.192. The number of carboxylic acids is 1. The molecule has 0 saturated carbocycles. The molecular weight excluding hydrogens is 381 g/mol. The lowest BCUT2D eigenvalue weighted by Crippen LogP contribution is -2.38. The normalized spacial score (nSPS) is 14.5. The number of halogens is 3. The van der Waals surface area contributed by atoms with Gasteiger partial charge in [-0.15, -0.1) is 0 Å². The highest BCUT2D eigenvalue weighted by Crippen LogP contribution is 2.20. The summed E-state index contributed by atoms with van der Waals surface area (Å²) in [5.74, 6) is -0.568. The highest BCUT2D eigenvalue weighted by atomic mass is 32.2. The molecule has 1 aromatic carbocycles. The number of hydrogen-bond acceptors (Lipinski definition) is 4. The van der Waals surface area contributed by atoms with Crippen molar-refractivity contribution in [3.63, 3.8) is 0 Å². The van der Waals surface area contributed by atoms with E-state index in [4.69, 9.17) is 9.90 Å². The molecule has 1 aromatic heterocycles. The second-order valence-electron chi connectivity index (χ2n) is 6.02. The number of hydrogen-bond donors (Lipinski definition) is 1. The number of carbonyl (C=O) groups excluding carboxylic acids is 1. The second kappa shape index (κ2) is 8.60. The number of benzene rings is 1. The van der Waals surface area contributed by atoms with Crippen molar-refractivity contribution in [3.8, 4) is 0 Å². The van der Waals surface area contributed by atoms with E-state index in [9.17, 15) is 18.0 Å². The molecule has 5 nitrogen and oxygen atoms in total. The number of amides is 1. The van der Waals surface area contributed by atoms with E-state index < -0.39 is 12.1 Å². The van der Waals surface area contributed by atoms with Gasteiger partial charge >= 0.3 is 12.1 Å². The molecule has 0 unspecified atom stereocenters. The highest BCUT2D eigenvalue weighted by molar-refractivity contribution is 7.99. The molecule has 0 radical (unpaired) electrons. The first-order valence-electron chi connectivity index (χ1n) is 8.14. The topological polar surface area (TPSA) is 70.5 Å². The molecule has 27 heavy (non-hydrogen) atoms. The Morgan fingerprint density at radius 3 is 2.30 bits per heavy atom. The van der Waals surface area contributed by atoms with Crippen LogP contribution in [0.5, 0.6) is 0 Å². The summed E-state index contributed by atoms with van der Waals surface area (Å²) in [5, 5.41) is 8.17. The lowest BCUT2D eigenvalue weighted by Gasteiger charge is -2.27. The van der Waals surface area contributed by atoms with Gasteiger partial charge in [-0.2, -0.15) is 24.9 Å². The van der Waals surface area contributed by atoms with Gasteiger partial charge in [0.2, 0.25) is 0 Å². The Bertz CT molecular complexity index is 850. The number of pyridine rings is 1. The molecule has 1 fully saturated rings. The van der Waals surface area contributed by atoms with Gasteiger partial charge in [-0.25, -0.2) is 4.79 Å². The summed E-state index contributed by atoms with van der Waals surface area (Å²) in [6.45, 7) is 5.66. The number of fused-ring (bicyclic) bond motifs is 1. The number of thioether (sulfide) groups is 1. The van der Waals surface area contributed by atoms with Crippen molar-refractivity contribution in [3.05, 3.63) is 41.1 Å². The molecule has 1 aliphatic heterocycles. The van der Waals surface area contributed by atoms with Crippen LogP contribution in [-0.4, -0.2) is 57.6 Å². The molecule has 146 valence electrons. The fourth-order valence-corrected chi connectivity index (χ4v) is 3.45. The Kier molecular flexibility index (Phi) is 6.69. The van der Waals surface area contributed by atoms with E-state index in [1.165, 1.54) is 5.56 Å². The second-order valence-corrected chi connectivity index (χ2v) is 7.25. The minimum atomic E-state index is -5.08. The molecule has 1 N–H and O–H groups in total. The van der Waals surface area contributed by atoms with E-state index in [-0.39, 0.29) is 5.91 Å². The maximum atomic E-state index is 12.6. The molecule has 1 saturated heterocycles. The molecule has 2 heterocycles. The first-order chi connectivity index (χ1) is 12.6. The molecule has 1 amide bonds. The van der Waals surface area contributed by atoms with Gasteiger partial charge in [0, 0.05) is 30.0 Å². The number of carbonyl (C=O) groups is 2. The van der Waals surface area contributed by atoms with Crippen LogP contribution < -0.4 is 0 Å². The van der Waals surface area contributed by atoms with Gasteiger partial charge in [-0.05, 0) is 32.0 Å². The van der Waals surface area contributed by atoms with Gasteiger partial charge in [0.05, 0.1) is 16.8 Å². The zero-order chi connectivity index (χ0) is 20.2. The molecule has 2 aromatic rings. The van der Waals surface area contributed by atoms with Crippen LogP contribution in [-0.2, 0) is 4.79 Å². The average molecular weight is 400 g/mol. The van der Waals surface area contributed by atoms with Crippen LogP contribution in [0.25, 0.3) is 10.9 Å². The van der Waals surface area contributed by atoms with Crippen molar-refractivity contribution < 1.29 is 27.9 Å². The summed E-state index contributed by atoms with van der Waals surface area (Å²) >= 11 is 1.91. The smallest absolute Gasteiger partial charge is 0.475 e. The van der Waals surface area contributed by atoms with Gasteiger partial charge in [-0.1, -0.05) is 11.6 Å². The standard InChI is InChI=1S/C16H18N2OS.C2HF3O2/c1-11-3-4-15-13(9-11)10-14(12(2)17-15)16(19)18-5-7-20-8-6-18;3-2(4,5)1(6)7/h3-4,9-10H,5-8H2,1-2H3;(H,6,7). The van der Waals surface area contributed by atoms with Crippen LogP contribution in [0.3, 0.4) is 0 Å². The van der Waals surface area contributed by atoms with Crippen molar-refractivity contribution in [2.45, 2.75) is 20.0 Å². The molecule has 0 spiro atoms. The third-order valence-electron chi connectivity index (χ3n) is 3.93. The third kappa shape index (κ3) is 5.59. The van der Waals surface area contributed by atoms with Gasteiger partial charge in [0.25, 0.3) is 5.91 Å². The molecule has 9 heteroatoms. The zero-order valence-corrected chi connectivity index (χ0v) is 15.7. The maximum absolute atomic E-state index is 12.6. The largest absolute Gasteiger partial charge is 0.490 e. The molecule has 0 bridgehead atoms. The van der Waals surface area contributed by atoms with Crippen molar-refractivity contribution in [2.24, 2.45) is 0 Å². The van der Waals surface area contributed by atoms with Crippen molar-refractivity contribution >= 4 is 34.5 Å².